The summed E-state index contributed by atoms with van der Waals surface area (Å²) in [6.45, 7) is 1.74. The van der Waals surface area contributed by atoms with Gasteiger partial charge in [-0.1, -0.05) is 30.3 Å². The zero-order valence-corrected chi connectivity index (χ0v) is 13.5. The number of H-pyrrole nitrogens is 1. The summed E-state index contributed by atoms with van der Waals surface area (Å²) in [5.74, 6) is 0.440. The first kappa shape index (κ1) is 15.7. The quantitative estimate of drug-likeness (QED) is 0.588. The molecule has 4 nitrogen and oxygen atoms in total. The third-order valence-electron chi connectivity index (χ3n) is 3.89. The van der Waals surface area contributed by atoms with Crippen molar-refractivity contribution in [1.82, 2.24) is 4.98 Å². The Hall–Kier alpha value is -3.14. The molecule has 0 aliphatic rings. The number of nitrogens with one attached hydrogen (secondary N) is 1. The van der Waals surface area contributed by atoms with Crippen LogP contribution in [0.1, 0.15) is 21.6 Å². The summed E-state index contributed by atoms with van der Waals surface area (Å²) in [6.07, 6.45) is 3.12. The zero-order valence-electron chi connectivity index (χ0n) is 13.5. The van der Waals surface area contributed by atoms with E-state index < -0.39 is 0 Å². The highest BCUT2D eigenvalue weighted by molar-refractivity contribution is 6.08. The average Bonchev–Trinajstić information content (AvgIpc) is 2.60. The number of hydrogen-bond donors (Lipinski definition) is 1. The number of aromatic nitrogens is 1. The largest absolute Gasteiger partial charge is 0.497 e. The van der Waals surface area contributed by atoms with Crippen molar-refractivity contribution in [3.63, 3.8) is 0 Å². The maximum absolute atomic E-state index is 12.6. The highest BCUT2D eigenvalue weighted by Gasteiger charge is 2.14. The summed E-state index contributed by atoms with van der Waals surface area (Å²) in [6, 6.07) is 14.5. The highest BCUT2D eigenvalue weighted by Crippen LogP contribution is 2.14. The lowest BCUT2D eigenvalue weighted by molar-refractivity contribution is 0.104. The molecule has 0 saturated heterocycles. The summed E-state index contributed by atoms with van der Waals surface area (Å²) >= 11 is 0. The van der Waals surface area contributed by atoms with E-state index in [9.17, 15) is 9.59 Å². The van der Waals surface area contributed by atoms with Gasteiger partial charge in [0, 0.05) is 16.6 Å². The molecule has 0 unspecified atom stereocenters. The maximum atomic E-state index is 12.6. The van der Waals surface area contributed by atoms with Crippen LogP contribution >= 0.6 is 0 Å². The second-order valence-electron chi connectivity index (χ2n) is 5.47. The molecule has 120 valence electrons. The molecule has 4 heteroatoms. The van der Waals surface area contributed by atoms with Crippen LogP contribution in [0.15, 0.2) is 59.4 Å². The van der Waals surface area contributed by atoms with E-state index in [2.05, 4.69) is 4.98 Å². The molecule has 0 atom stereocenters. The Bertz CT molecular complexity index is 982. The molecule has 0 aliphatic carbocycles. The number of carbonyl (C=O) groups is 1. The van der Waals surface area contributed by atoms with Crippen molar-refractivity contribution in [2.75, 3.05) is 7.11 Å². The average molecular weight is 319 g/mol. The van der Waals surface area contributed by atoms with Crippen molar-refractivity contribution in [3.05, 3.63) is 81.7 Å². The summed E-state index contributed by atoms with van der Waals surface area (Å²) in [4.78, 5) is 28.2. The standard InChI is InChI=1S/C20H17NO3/c1-13-19(20(23)16-5-3-4-6-17(16)21-13)18(22)12-9-14-7-10-15(24-2)11-8-14/h3-12H,1-2H3,(H,21,23)/b12-9+. The fourth-order valence-electron chi connectivity index (χ4n) is 2.63. The monoisotopic (exact) mass is 319 g/mol. The number of allylic oxidation sites excluding steroid dienone is 1. The van der Waals surface area contributed by atoms with Gasteiger partial charge in [0.05, 0.1) is 12.7 Å². The summed E-state index contributed by atoms with van der Waals surface area (Å²) in [7, 11) is 1.60. The van der Waals surface area contributed by atoms with E-state index in [1.54, 1.807) is 32.2 Å². The fraction of sp³-hybridized carbons (Fsp3) is 0.100. The first-order valence-electron chi connectivity index (χ1n) is 7.58. The van der Waals surface area contributed by atoms with Crippen LogP contribution in [-0.4, -0.2) is 17.9 Å². The molecule has 2 aromatic carbocycles. The molecule has 3 rings (SSSR count). The van der Waals surface area contributed by atoms with Gasteiger partial charge in [-0.15, -0.1) is 0 Å². The Labute approximate surface area is 139 Å². The van der Waals surface area contributed by atoms with E-state index in [0.29, 0.717) is 11.1 Å². The van der Waals surface area contributed by atoms with Crippen molar-refractivity contribution < 1.29 is 9.53 Å². The number of benzene rings is 2. The van der Waals surface area contributed by atoms with Gasteiger partial charge in [0.15, 0.2) is 5.78 Å². The zero-order chi connectivity index (χ0) is 17.1. The summed E-state index contributed by atoms with van der Waals surface area (Å²) in [5, 5.41) is 0.518. The van der Waals surface area contributed by atoms with Crippen molar-refractivity contribution in [2.24, 2.45) is 0 Å². The molecule has 0 fully saturated rings. The Kier molecular flexibility index (Phi) is 4.29. The Balaban J connectivity index is 1.96. The van der Waals surface area contributed by atoms with Crippen LogP contribution < -0.4 is 10.2 Å². The fourth-order valence-corrected chi connectivity index (χ4v) is 2.63. The highest BCUT2D eigenvalue weighted by atomic mass is 16.5. The SMILES string of the molecule is COc1ccc(/C=C/C(=O)c2c(C)[nH]c3ccccc3c2=O)cc1. The van der Waals surface area contributed by atoms with Crippen LogP contribution in [0.2, 0.25) is 0 Å². The number of carbonyl (C=O) groups excluding carboxylic acids is 1. The first-order chi connectivity index (χ1) is 11.6. The van der Waals surface area contributed by atoms with Crippen molar-refractivity contribution in [3.8, 4) is 5.75 Å². The Morgan fingerprint density at radius 1 is 1.08 bits per heavy atom. The van der Waals surface area contributed by atoms with Gasteiger partial charge in [-0.25, -0.2) is 0 Å². The molecule has 1 heterocycles. The predicted molar refractivity (Wildman–Crippen MR) is 95.7 cm³/mol. The molecule has 1 aromatic heterocycles. The van der Waals surface area contributed by atoms with E-state index in [-0.39, 0.29) is 16.8 Å². The number of fused-ring (bicyclic) bond motifs is 1. The predicted octanol–water partition coefficient (Wildman–Crippen LogP) is 3.74. The lowest BCUT2D eigenvalue weighted by atomic mass is 10.0. The van der Waals surface area contributed by atoms with E-state index >= 15 is 0 Å². The minimum absolute atomic E-state index is 0.179. The lowest BCUT2D eigenvalue weighted by Gasteiger charge is -2.05. The van der Waals surface area contributed by atoms with Gasteiger partial charge in [-0.05, 0) is 42.8 Å². The number of para-hydroxylation sites is 1. The normalized spacial score (nSPS) is 11.1. The topological polar surface area (TPSA) is 59.2 Å². The van der Waals surface area contributed by atoms with Gasteiger partial charge in [0.1, 0.15) is 5.75 Å². The number of methoxy groups -OCH3 is 1. The van der Waals surface area contributed by atoms with Gasteiger partial charge >= 0.3 is 0 Å². The molecular formula is C20H17NO3. The maximum Gasteiger partial charge on any atom is 0.200 e. The Morgan fingerprint density at radius 2 is 1.79 bits per heavy atom. The number of ether oxygens (including phenoxy) is 1. The second kappa shape index (κ2) is 6.54. The first-order valence-corrected chi connectivity index (χ1v) is 7.58. The number of rotatable bonds is 4. The van der Waals surface area contributed by atoms with E-state index in [1.807, 2.05) is 36.4 Å². The molecule has 0 spiro atoms. The van der Waals surface area contributed by atoms with Crippen molar-refractivity contribution in [2.45, 2.75) is 6.92 Å². The molecule has 0 radical (unpaired) electrons. The number of ketones is 1. The van der Waals surface area contributed by atoms with Crippen molar-refractivity contribution in [1.29, 1.82) is 0 Å². The second-order valence-corrected chi connectivity index (χ2v) is 5.47. The van der Waals surface area contributed by atoms with Crippen LogP contribution in [0.5, 0.6) is 5.75 Å². The molecule has 24 heavy (non-hydrogen) atoms. The van der Waals surface area contributed by atoms with Crippen LogP contribution in [0.3, 0.4) is 0 Å². The van der Waals surface area contributed by atoms with Gasteiger partial charge < -0.3 is 9.72 Å². The lowest BCUT2D eigenvalue weighted by Crippen LogP contribution is -2.17. The van der Waals surface area contributed by atoms with Crippen LogP contribution in [-0.2, 0) is 0 Å². The van der Waals surface area contributed by atoms with Crippen LogP contribution in [0.25, 0.3) is 17.0 Å². The Morgan fingerprint density at radius 3 is 2.50 bits per heavy atom. The minimum atomic E-state index is -0.310. The summed E-state index contributed by atoms with van der Waals surface area (Å²) < 4.78 is 5.10. The van der Waals surface area contributed by atoms with Crippen LogP contribution in [0.4, 0.5) is 0 Å². The summed E-state index contributed by atoms with van der Waals surface area (Å²) in [5.41, 5.74) is 2.10. The molecule has 0 amide bonds. The van der Waals surface area contributed by atoms with E-state index in [4.69, 9.17) is 4.74 Å². The smallest absolute Gasteiger partial charge is 0.200 e. The van der Waals surface area contributed by atoms with E-state index in [0.717, 1.165) is 16.8 Å². The van der Waals surface area contributed by atoms with Gasteiger partial charge in [-0.2, -0.15) is 0 Å². The molecule has 1 N–H and O–H groups in total. The molecule has 0 bridgehead atoms. The molecule has 0 aliphatic heterocycles. The van der Waals surface area contributed by atoms with E-state index in [1.165, 1.54) is 6.08 Å². The third-order valence-corrected chi connectivity index (χ3v) is 3.89. The number of hydrogen-bond acceptors (Lipinski definition) is 3. The van der Waals surface area contributed by atoms with Gasteiger partial charge in [0.2, 0.25) is 5.43 Å². The number of aryl methyl sites for hydroxylation is 1. The van der Waals surface area contributed by atoms with Gasteiger partial charge in [-0.3, -0.25) is 9.59 Å². The molecular weight excluding hydrogens is 302 g/mol. The number of aromatic amines is 1. The third kappa shape index (κ3) is 2.99. The molecule has 3 aromatic rings. The van der Waals surface area contributed by atoms with Gasteiger partial charge in [0.25, 0.3) is 0 Å². The van der Waals surface area contributed by atoms with Crippen molar-refractivity contribution >= 4 is 22.8 Å². The van der Waals surface area contributed by atoms with Crippen LogP contribution in [0, 0.1) is 6.92 Å². The molecule has 0 saturated carbocycles. The number of pyridine rings is 1. The minimum Gasteiger partial charge on any atom is -0.497 e.